The molecular formula is C12H25N3. The summed E-state index contributed by atoms with van der Waals surface area (Å²) < 4.78 is 0. The van der Waals surface area contributed by atoms with Gasteiger partial charge in [0.25, 0.3) is 0 Å². The van der Waals surface area contributed by atoms with E-state index in [0.717, 1.165) is 12.6 Å². The van der Waals surface area contributed by atoms with E-state index in [4.69, 9.17) is 5.73 Å². The van der Waals surface area contributed by atoms with Gasteiger partial charge in [-0.15, -0.1) is 0 Å². The molecule has 0 radical (unpaired) electrons. The number of rotatable bonds is 5. The lowest BCUT2D eigenvalue weighted by molar-refractivity contribution is 0.257. The van der Waals surface area contributed by atoms with E-state index in [2.05, 4.69) is 24.1 Å². The van der Waals surface area contributed by atoms with Crippen molar-refractivity contribution in [3.63, 3.8) is 0 Å². The van der Waals surface area contributed by atoms with Gasteiger partial charge in [0.15, 0.2) is 0 Å². The number of nitrogens with one attached hydrogen (secondary N) is 1. The van der Waals surface area contributed by atoms with Gasteiger partial charge < -0.3 is 16.0 Å². The molecule has 1 heterocycles. The van der Waals surface area contributed by atoms with Gasteiger partial charge in [0.2, 0.25) is 0 Å². The lowest BCUT2D eigenvalue weighted by Gasteiger charge is -2.23. The minimum atomic E-state index is 0.356. The summed E-state index contributed by atoms with van der Waals surface area (Å²) in [5.41, 5.74) is 6.23. The summed E-state index contributed by atoms with van der Waals surface area (Å²) in [4.78, 5) is 2.54. The third-order valence-electron chi connectivity index (χ3n) is 3.81. The van der Waals surface area contributed by atoms with Crippen molar-refractivity contribution in [1.29, 1.82) is 0 Å². The third-order valence-corrected chi connectivity index (χ3v) is 3.81. The highest BCUT2D eigenvalue weighted by Crippen LogP contribution is 2.22. The SMILES string of the molecule is CC(C)N1CCC(C(N)CNC2CC2)C1. The molecule has 88 valence electrons. The summed E-state index contributed by atoms with van der Waals surface area (Å²) in [7, 11) is 0. The molecule has 0 amide bonds. The molecular weight excluding hydrogens is 186 g/mol. The monoisotopic (exact) mass is 211 g/mol. The maximum Gasteiger partial charge on any atom is 0.0206 e. The second-order valence-corrected chi connectivity index (χ2v) is 5.48. The molecule has 1 aliphatic heterocycles. The van der Waals surface area contributed by atoms with E-state index in [9.17, 15) is 0 Å². The van der Waals surface area contributed by atoms with Gasteiger partial charge in [0, 0.05) is 31.2 Å². The van der Waals surface area contributed by atoms with Gasteiger partial charge in [0.05, 0.1) is 0 Å². The topological polar surface area (TPSA) is 41.3 Å². The van der Waals surface area contributed by atoms with Gasteiger partial charge in [-0.05, 0) is 45.6 Å². The van der Waals surface area contributed by atoms with Gasteiger partial charge in [-0.2, -0.15) is 0 Å². The molecule has 0 aromatic rings. The van der Waals surface area contributed by atoms with Crippen LogP contribution in [0.15, 0.2) is 0 Å². The molecule has 1 aliphatic carbocycles. The number of nitrogens with zero attached hydrogens (tertiary/aromatic N) is 1. The Hall–Kier alpha value is -0.120. The van der Waals surface area contributed by atoms with Crippen molar-refractivity contribution in [3.05, 3.63) is 0 Å². The Morgan fingerprint density at radius 3 is 2.60 bits per heavy atom. The molecule has 0 bridgehead atoms. The first-order valence-electron chi connectivity index (χ1n) is 6.40. The smallest absolute Gasteiger partial charge is 0.0206 e. The van der Waals surface area contributed by atoms with Crippen molar-refractivity contribution in [3.8, 4) is 0 Å². The Kier molecular flexibility index (Phi) is 3.65. The second kappa shape index (κ2) is 4.81. The van der Waals surface area contributed by atoms with E-state index in [1.165, 1.54) is 32.4 Å². The van der Waals surface area contributed by atoms with Crippen LogP contribution in [0.1, 0.15) is 33.1 Å². The minimum Gasteiger partial charge on any atom is -0.326 e. The Balaban J connectivity index is 1.69. The largest absolute Gasteiger partial charge is 0.326 e. The quantitative estimate of drug-likeness (QED) is 0.706. The molecule has 0 aromatic carbocycles. The van der Waals surface area contributed by atoms with Crippen LogP contribution in [-0.2, 0) is 0 Å². The van der Waals surface area contributed by atoms with Crippen LogP contribution in [0, 0.1) is 5.92 Å². The Bertz CT molecular complexity index is 201. The summed E-state index contributed by atoms with van der Waals surface area (Å²) >= 11 is 0. The Labute approximate surface area is 93.4 Å². The molecule has 3 N–H and O–H groups in total. The molecule has 3 nitrogen and oxygen atoms in total. The van der Waals surface area contributed by atoms with E-state index in [1.54, 1.807) is 0 Å². The highest BCUT2D eigenvalue weighted by atomic mass is 15.2. The molecule has 2 fully saturated rings. The van der Waals surface area contributed by atoms with E-state index in [1.807, 2.05) is 0 Å². The molecule has 2 rings (SSSR count). The molecule has 3 heteroatoms. The average Bonchev–Trinajstić information content (AvgIpc) is 2.88. The zero-order valence-electron chi connectivity index (χ0n) is 10.1. The van der Waals surface area contributed by atoms with Crippen LogP contribution < -0.4 is 11.1 Å². The van der Waals surface area contributed by atoms with Crippen molar-refractivity contribution in [1.82, 2.24) is 10.2 Å². The average molecular weight is 211 g/mol. The molecule has 2 aliphatic rings. The predicted octanol–water partition coefficient (Wildman–Crippen LogP) is 0.796. The standard InChI is InChI=1S/C12H25N3/c1-9(2)15-6-5-10(8-15)12(13)7-14-11-3-4-11/h9-12,14H,3-8,13H2,1-2H3. The molecule has 0 aromatic heterocycles. The van der Waals surface area contributed by atoms with E-state index >= 15 is 0 Å². The third kappa shape index (κ3) is 3.16. The zero-order chi connectivity index (χ0) is 10.8. The van der Waals surface area contributed by atoms with Gasteiger partial charge in [0.1, 0.15) is 0 Å². The summed E-state index contributed by atoms with van der Waals surface area (Å²) in [6.07, 6.45) is 4.00. The second-order valence-electron chi connectivity index (χ2n) is 5.48. The number of hydrogen-bond donors (Lipinski definition) is 2. The first kappa shape index (κ1) is 11.4. The van der Waals surface area contributed by atoms with Crippen molar-refractivity contribution < 1.29 is 0 Å². The summed E-state index contributed by atoms with van der Waals surface area (Å²) in [6, 6.07) is 1.83. The number of nitrogens with two attached hydrogens (primary N) is 1. The molecule has 0 spiro atoms. The van der Waals surface area contributed by atoms with Gasteiger partial charge in [-0.3, -0.25) is 0 Å². The normalized spacial score (nSPS) is 30.0. The van der Waals surface area contributed by atoms with Crippen LogP contribution in [0.3, 0.4) is 0 Å². The van der Waals surface area contributed by atoms with Crippen LogP contribution in [0.4, 0.5) is 0 Å². The summed E-state index contributed by atoms with van der Waals surface area (Å²) in [6.45, 7) is 8.00. The van der Waals surface area contributed by atoms with E-state index in [0.29, 0.717) is 18.0 Å². The van der Waals surface area contributed by atoms with Crippen molar-refractivity contribution in [2.24, 2.45) is 11.7 Å². The van der Waals surface area contributed by atoms with Crippen molar-refractivity contribution >= 4 is 0 Å². The lowest BCUT2D eigenvalue weighted by atomic mass is 10.00. The first-order valence-corrected chi connectivity index (χ1v) is 6.40. The van der Waals surface area contributed by atoms with Crippen LogP contribution in [-0.4, -0.2) is 42.7 Å². The molecule has 1 saturated heterocycles. The molecule has 15 heavy (non-hydrogen) atoms. The molecule has 2 unspecified atom stereocenters. The Morgan fingerprint density at radius 1 is 1.33 bits per heavy atom. The van der Waals surface area contributed by atoms with Crippen molar-refractivity contribution in [2.75, 3.05) is 19.6 Å². The van der Waals surface area contributed by atoms with Gasteiger partial charge >= 0.3 is 0 Å². The summed E-state index contributed by atoms with van der Waals surface area (Å²) in [5.74, 6) is 0.707. The number of hydrogen-bond acceptors (Lipinski definition) is 3. The minimum absolute atomic E-state index is 0.356. The maximum atomic E-state index is 6.23. The van der Waals surface area contributed by atoms with Crippen LogP contribution in [0.2, 0.25) is 0 Å². The van der Waals surface area contributed by atoms with Crippen LogP contribution in [0.25, 0.3) is 0 Å². The van der Waals surface area contributed by atoms with Crippen LogP contribution >= 0.6 is 0 Å². The predicted molar refractivity (Wildman–Crippen MR) is 63.8 cm³/mol. The lowest BCUT2D eigenvalue weighted by Crippen LogP contribution is -2.42. The number of likely N-dealkylation sites (tertiary alicyclic amines) is 1. The molecule has 2 atom stereocenters. The van der Waals surface area contributed by atoms with Gasteiger partial charge in [-0.1, -0.05) is 0 Å². The fraction of sp³-hybridized carbons (Fsp3) is 1.00. The fourth-order valence-corrected chi connectivity index (χ4v) is 2.39. The molecule has 1 saturated carbocycles. The Morgan fingerprint density at radius 2 is 2.07 bits per heavy atom. The summed E-state index contributed by atoms with van der Waals surface area (Å²) in [5, 5.41) is 3.53. The zero-order valence-corrected chi connectivity index (χ0v) is 10.1. The highest BCUT2D eigenvalue weighted by Gasteiger charge is 2.29. The fourth-order valence-electron chi connectivity index (χ4n) is 2.39. The van der Waals surface area contributed by atoms with Gasteiger partial charge in [-0.25, -0.2) is 0 Å². The van der Waals surface area contributed by atoms with E-state index in [-0.39, 0.29) is 0 Å². The van der Waals surface area contributed by atoms with Crippen LogP contribution in [0.5, 0.6) is 0 Å². The van der Waals surface area contributed by atoms with E-state index < -0.39 is 0 Å². The maximum absolute atomic E-state index is 6.23. The van der Waals surface area contributed by atoms with Crippen molar-refractivity contribution in [2.45, 2.75) is 51.2 Å². The first-order chi connectivity index (χ1) is 7.16. The highest BCUT2D eigenvalue weighted by molar-refractivity contribution is 4.88.